The minimum atomic E-state index is -3.59. The van der Waals surface area contributed by atoms with Gasteiger partial charge in [0.2, 0.25) is 15.9 Å². The summed E-state index contributed by atoms with van der Waals surface area (Å²) in [7, 11) is -3.59. The predicted octanol–water partition coefficient (Wildman–Crippen LogP) is 2.63. The van der Waals surface area contributed by atoms with Gasteiger partial charge in [-0.05, 0) is 43.0 Å². The molecule has 1 amide bonds. The second-order valence-corrected chi connectivity index (χ2v) is 9.55. The summed E-state index contributed by atoms with van der Waals surface area (Å²) in [4.78, 5) is 12.7. The summed E-state index contributed by atoms with van der Waals surface area (Å²) in [5.74, 6) is -0.321. The molecule has 0 aromatic heterocycles. The number of nitrogens with one attached hydrogen (secondary N) is 1. The maximum atomic E-state index is 12.7. The van der Waals surface area contributed by atoms with Crippen LogP contribution >= 0.6 is 0 Å². The van der Waals surface area contributed by atoms with E-state index >= 15 is 0 Å². The van der Waals surface area contributed by atoms with Gasteiger partial charge in [0.05, 0.1) is 11.9 Å². The number of hydrogen-bond acceptors (Lipinski definition) is 4. The van der Waals surface area contributed by atoms with Crippen LogP contribution in [0.2, 0.25) is 0 Å². The van der Waals surface area contributed by atoms with Gasteiger partial charge in [-0.2, -0.15) is 0 Å². The molecule has 0 bridgehead atoms. The summed E-state index contributed by atoms with van der Waals surface area (Å²) in [6.45, 7) is 3.38. The fourth-order valence-corrected chi connectivity index (χ4v) is 4.61. The average Bonchev–Trinajstić information content (AvgIpc) is 2.71. The third kappa shape index (κ3) is 5.36. The maximum absolute atomic E-state index is 12.7. The molecular weight excluding hydrogens is 388 g/mol. The van der Waals surface area contributed by atoms with E-state index < -0.39 is 10.0 Å². The number of carbonyl (C=O) groups is 1. The number of rotatable bonds is 7. The van der Waals surface area contributed by atoms with E-state index in [2.05, 4.69) is 17.4 Å². The number of aryl methyl sites for hydroxylation is 1. The van der Waals surface area contributed by atoms with E-state index in [-0.39, 0.29) is 17.9 Å². The maximum Gasteiger partial charge on any atom is 0.240 e. The Hall–Kier alpha value is -2.38. The van der Waals surface area contributed by atoms with E-state index in [9.17, 15) is 13.2 Å². The lowest BCUT2D eigenvalue weighted by atomic mass is 9.74. The summed E-state index contributed by atoms with van der Waals surface area (Å²) in [5.41, 5.74) is 2.39. The van der Waals surface area contributed by atoms with Crippen LogP contribution in [0.5, 0.6) is 0 Å². The first kappa shape index (κ1) is 21.3. The number of nitrogens with zero attached hydrogens (tertiary/aromatic N) is 1. The van der Waals surface area contributed by atoms with Gasteiger partial charge >= 0.3 is 0 Å². The molecule has 1 heterocycles. The lowest BCUT2D eigenvalue weighted by Gasteiger charge is -2.38. The van der Waals surface area contributed by atoms with Gasteiger partial charge in [0.25, 0.3) is 0 Å². The summed E-state index contributed by atoms with van der Waals surface area (Å²) < 4.78 is 31.3. The van der Waals surface area contributed by atoms with Gasteiger partial charge < -0.3 is 10.1 Å². The van der Waals surface area contributed by atoms with E-state index in [1.807, 2.05) is 31.2 Å². The first-order valence-corrected chi connectivity index (χ1v) is 11.6. The molecule has 2 aromatic rings. The Morgan fingerprint density at radius 2 is 1.79 bits per heavy atom. The first-order valence-electron chi connectivity index (χ1n) is 9.75. The van der Waals surface area contributed by atoms with Gasteiger partial charge in [-0.25, -0.2) is 8.42 Å². The number of ether oxygens (including phenoxy) is 1. The molecule has 7 heteroatoms. The second-order valence-electron chi connectivity index (χ2n) is 7.64. The third-order valence-corrected chi connectivity index (χ3v) is 6.58. The molecule has 0 unspecified atom stereocenters. The van der Waals surface area contributed by atoms with Crippen LogP contribution in [0.15, 0.2) is 54.6 Å². The van der Waals surface area contributed by atoms with E-state index in [4.69, 9.17) is 4.74 Å². The number of carbonyl (C=O) groups excluding carboxylic acids is 1. The fourth-order valence-electron chi connectivity index (χ4n) is 3.76. The molecule has 0 saturated carbocycles. The van der Waals surface area contributed by atoms with Crippen LogP contribution < -0.4 is 9.62 Å². The quantitative estimate of drug-likeness (QED) is 0.753. The molecule has 156 valence electrons. The molecule has 0 radical (unpaired) electrons. The van der Waals surface area contributed by atoms with Crippen molar-refractivity contribution in [1.82, 2.24) is 5.32 Å². The second kappa shape index (κ2) is 8.97. The van der Waals surface area contributed by atoms with Gasteiger partial charge in [-0.15, -0.1) is 0 Å². The number of anilines is 1. The average molecular weight is 417 g/mol. The lowest BCUT2D eigenvalue weighted by molar-refractivity contribution is -0.120. The van der Waals surface area contributed by atoms with Gasteiger partial charge in [-0.1, -0.05) is 42.5 Å². The normalized spacial score (nSPS) is 16.2. The highest BCUT2D eigenvalue weighted by Gasteiger charge is 2.35. The van der Waals surface area contributed by atoms with Crippen molar-refractivity contribution in [3.63, 3.8) is 0 Å². The summed E-state index contributed by atoms with van der Waals surface area (Å²) in [6.07, 6.45) is 2.74. The largest absolute Gasteiger partial charge is 0.381 e. The molecule has 6 nitrogen and oxygen atoms in total. The molecule has 0 atom stereocenters. The van der Waals surface area contributed by atoms with E-state index in [1.165, 1.54) is 5.56 Å². The van der Waals surface area contributed by atoms with Crippen molar-refractivity contribution in [2.75, 3.05) is 36.9 Å². The standard InChI is InChI=1S/C22H28N2O4S/c1-18-7-6-10-20(15-18)24(29(2,26)27)16-21(25)23-17-22(11-13-28-14-12-22)19-8-4-3-5-9-19/h3-10,15H,11-14,16-17H2,1-2H3,(H,23,25). The van der Waals surface area contributed by atoms with Crippen LogP contribution in [0.4, 0.5) is 5.69 Å². The molecule has 1 saturated heterocycles. The Kier molecular flexibility index (Phi) is 6.59. The Balaban J connectivity index is 1.74. The number of hydrogen-bond donors (Lipinski definition) is 1. The SMILES string of the molecule is Cc1cccc(N(CC(=O)NCC2(c3ccccc3)CCOCC2)S(C)(=O)=O)c1. The summed E-state index contributed by atoms with van der Waals surface area (Å²) in [5, 5.41) is 2.98. The number of sulfonamides is 1. The highest BCUT2D eigenvalue weighted by Crippen LogP contribution is 2.34. The van der Waals surface area contributed by atoms with Crippen molar-refractivity contribution in [3.05, 3.63) is 65.7 Å². The summed E-state index contributed by atoms with van der Waals surface area (Å²) >= 11 is 0. The van der Waals surface area contributed by atoms with Crippen molar-refractivity contribution < 1.29 is 17.9 Å². The number of amides is 1. The first-order chi connectivity index (χ1) is 13.8. The predicted molar refractivity (Wildman–Crippen MR) is 115 cm³/mol. The van der Waals surface area contributed by atoms with E-state index in [0.29, 0.717) is 25.4 Å². The van der Waals surface area contributed by atoms with Gasteiger partial charge in [0.15, 0.2) is 0 Å². The van der Waals surface area contributed by atoms with Crippen molar-refractivity contribution >= 4 is 21.6 Å². The zero-order valence-electron chi connectivity index (χ0n) is 16.9. The van der Waals surface area contributed by atoms with Crippen LogP contribution in [-0.2, 0) is 25.0 Å². The summed E-state index contributed by atoms with van der Waals surface area (Å²) in [6, 6.07) is 17.3. The van der Waals surface area contributed by atoms with Crippen molar-refractivity contribution in [1.29, 1.82) is 0 Å². The molecule has 1 aliphatic heterocycles. The molecule has 3 rings (SSSR count). The van der Waals surface area contributed by atoms with Gasteiger partial charge in [0.1, 0.15) is 6.54 Å². The number of benzene rings is 2. The molecule has 0 aliphatic carbocycles. The van der Waals surface area contributed by atoms with Crippen LogP contribution in [0, 0.1) is 6.92 Å². The minimum absolute atomic E-state index is 0.200. The Morgan fingerprint density at radius 1 is 1.10 bits per heavy atom. The Labute approximate surface area is 172 Å². The molecule has 2 aromatic carbocycles. The minimum Gasteiger partial charge on any atom is -0.381 e. The van der Waals surface area contributed by atoms with E-state index in [0.717, 1.165) is 29.0 Å². The van der Waals surface area contributed by atoms with Crippen molar-refractivity contribution in [2.45, 2.75) is 25.2 Å². The third-order valence-electron chi connectivity index (χ3n) is 5.44. The molecule has 29 heavy (non-hydrogen) atoms. The van der Waals surface area contributed by atoms with Crippen molar-refractivity contribution in [3.8, 4) is 0 Å². The molecule has 0 spiro atoms. The monoisotopic (exact) mass is 416 g/mol. The topological polar surface area (TPSA) is 75.7 Å². The Morgan fingerprint density at radius 3 is 2.41 bits per heavy atom. The van der Waals surface area contributed by atoms with Crippen LogP contribution in [0.3, 0.4) is 0 Å². The van der Waals surface area contributed by atoms with Gasteiger partial charge in [-0.3, -0.25) is 9.10 Å². The fraction of sp³-hybridized carbons (Fsp3) is 0.409. The highest BCUT2D eigenvalue weighted by molar-refractivity contribution is 7.92. The zero-order valence-corrected chi connectivity index (χ0v) is 17.7. The molecule has 1 fully saturated rings. The molecular formula is C22H28N2O4S. The van der Waals surface area contributed by atoms with Crippen LogP contribution in [0.25, 0.3) is 0 Å². The molecule has 1 aliphatic rings. The molecule has 1 N–H and O–H groups in total. The Bertz CT molecular complexity index is 938. The smallest absolute Gasteiger partial charge is 0.240 e. The van der Waals surface area contributed by atoms with Crippen LogP contribution in [0.1, 0.15) is 24.0 Å². The zero-order chi connectivity index (χ0) is 20.9. The van der Waals surface area contributed by atoms with Crippen LogP contribution in [-0.4, -0.2) is 46.9 Å². The van der Waals surface area contributed by atoms with E-state index in [1.54, 1.807) is 18.2 Å². The van der Waals surface area contributed by atoms with Crippen molar-refractivity contribution in [2.24, 2.45) is 0 Å². The van der Waals surface area contributed by atoms with Gasteiger partial charge in [0, 0.05) is 25.2 Å². The highest BCUT2D eigenvalue weighted by atomic mass is 32.2. The lowest BCUT2D eigenvalue weighted by Crippen LogP contribution is -2.47.